The quantitative estimate of drug-likeness (QED) is 0.314. The van der Waals surface area contributed by atoms with Gasteiger partial charge in [0.25, 0.3) is 15.9 Å². The molecule has 1 aromatic heterocycles. The average molecular weight is 368 g/mol. The fraction of sp³-hybridized carbons (Fsp3) is 0. The highest BCUT2D eigenvalue weighted by Crippen LogP contribution is 2.26. The Balaban J connectivity index is 2.13. The number of allylic oxidation sites excluding steroid dienone is 2. The van der Waals surface area contributed by atoms with E-state index in [9.17, 15) is 13.2 Å². The van der Waals surface area contributed by atoms with Crippen LogP contribution in [0.3, 0.4) is 0 Å². The highest BCUT2D eigenvalue weighted by atomic mass is 32.2. The van der Waals surface area contributed by atoms with E-state index in [1.165, 1.54) is 21.6 Å². The lowest BCUT2D eigenvalue weighted by atomic mass is 10.2. The molecule has 0 fully saturated rings. The molecular weight excluding hydrogens is 352 g/mol. The van der Waals surface area contributed by atoms with Gasteiger partial charge in [-0.15, -0.1) is 0 Å². The fourth-order valence-electron chi connectivity index (χ4n) is 2.57. The van der Waals surface area contributed by atoms with Crippen molar-refractivity contribution in [2.24, 2.45) is 0 Å². The molecule has 7 heteroatoms. The molecule has 0 bridgehead atoms. The third-order valence-corrected chi connectivity index (χ3v) is 5.47. The molecule has 0 aliphatic carbocycles. The van der Waals surface area contributed by atoms with Crippen molar-refractivity contribution in [3.05, 3.63) is 84.6 Å². The first-order valence-corrected chi connectivity index (χ1v) is 9.18. The summed E-state index contributed by atoms with van der Waals surface area (Å²) in [4.78, 5) is 11.2. The van der Waals surface area contributed by atoms with E-state index < -0.39 is 15.9 Å². The Morgan fingerprint density at radius 1 is 1.00 bits per heavy atom. The van der Waals surface area contributed by atoms with Crippen molar-refractivity contribution in [2.75, 3.05) is 0 Å². The first kappa shape index (κ1) is 17.7. The summed E-state index contributed by atoms with van der Waals surface area (Å²) in [5, 5.41) is 9.25. The number of fused-ring (bicyclic) bond motifs is 1. The van der Waals surface area contributed by atoms with Crippen LogP contribution < -0.4 is 5.48 Å². The van der Waals surface area contributed by atoms with E-state index in [0.29, 0.717) is 11.2 Å². The van der Waals surface area contributed by atoms with Gasteiger partial charge in [0.2, 0.25) is 0 Å². The number of carbonyl (C=O) groups is 1. The molecule has 2 aromatic carbocycles. The van der Waals surface area contributed by atoms with Crippen molar-refractivity contribution in [2.45, 2.75) is 4.90 Å². The van der Waals surface area contributed by atoms with Crippen LogP contribution in [0.4, 0.5) is 0 Å². The molecular formula is C19H16N2O4S. The summed E-state index contributed by atoms with van der Waals surface area (Å²) in [5.74, 6) is -0.674. The van der Waals surface area contributed by atoms with Crippen molar-refractivity contribution in [3.63, 3.8) is 0 Å². The molecule has 0 spiro atoms. The minimum atomic E-state index is -3.79. The average Bonchev–Trinajstić information content (AvgIpc) is 3.04. The predicted octanol–water partition coefficient (Wildman–Crippen LogP) is 2.95. The summed E-state index contributed by atoms with van der Waals surface area (Å²) in [6, 6.07) is 17.1. The van der Waals surface area contributed by atoms with E-state index in [0.717, 1.165) is 11.5 Å². The molecule has 0 saturated heterocycles. The Labute approximate surface area is 150 Å². The van der Waals surface area contributed by atoms with Crippen LogP contribution in [0, 0.1) is 0 Å². The normalized spacial score (nSPS) is 12.2. The molecule has 0 radical (unpaired) electrons. The molecule has 26 heavy (non-hydrogen) atoms. The minimum Gasteiger partial charge on any atom is -0.288 e. The van der Waals surface area contributed by atoms with Crippen LogP contribution in [-0.2, 0) is 14.8 Å². The lowest BCUT2D eigenvalue weighted by molar-refractivity contribution is -0.124. The molecule has 3 rings (SSSR count). The van der Waals surface area contributed by atoms with Crippen LogP contribution in [-0.4, -0.2) is 23.5 Å². The maximum Gasteiger partial charge on any atom is 0.268 e. The Morgan fingerprint density at radius 3 is 2.42 bits per heavy atom. The molecule has 6 nitrogen and oxygen atoms in total. The monoisotopic (exact) mass is 368 g/mol. The zero-order chi connectivity index (χ0) is 18.6. The number of benzene rings is 2. The highest BCUT2D eigenvalue weighted by Gasteiger charge is 2.21. The van der Waals surface area contributed by atoms with Gasteiger partial charge < -0.3 is 0 Å². The molecule has 132 valence electrons. The molecule has 0 aliphatic heterocycles. The van der Waals surface area contributed by atoms with Crippen molar-refractivity contribution in [3.8, 4) is 0 Å². The van der Waals surface area contributed by atoms with Gasteiger partial charge in [-0.1, -0.05) is 48.6 Å². The summed E-state index contributed by atoms with van der Waals surface area (Å²) in [6.07, 6.45) is 5.64. The largest absolute Gasteiger partial charge is 0.288 e. The number of nitrogens with one attached hydrogen (secondary N) is 1. The number of hydrogen-bond donors (Lipinski definition) is 2. The number of amides is 1. The zero-order valence-corrected chi connectivity index (χ0v) is 14.4. The van der Waals surface area contributed by atoms with Gasteiger partial charge in [-0.3, -0.25) is 10.0 Å². The predicted molar refractivity (Wildman–Crippen MR) is 99.1 cm³/mol. The first-order chi connectivity index (χ1) is 12.5. The molecule has 1 heterocycles. The Hall–Kier alpha value is -3.16. The smallest absolute Gasteiger partial charge is 0.268 e. The second-order valence-corrected chi connectivity index (χ2v) is 7.19. The van der Waals surface area contributed by atoms with Crippen molar-refractivity contribution in [1.82, 2.24) is 9.45 Å². The number of hydroxylamine groups is 1. The standard InChI is InChI=1S/C19H16N2O4S/c22-19(20-23)13-7-5-9-16-14-15-8-4-6-12-18(15)21(16)26(24,25)17-10-2-1-3-11-17/h1-14,23H,(H,20,22)/b9-5-,13-7+. The van der Waals surface area contributed by atoms with Gasteiger partial charge in [-0.2, -0.15) is 0 Å². The second kappa shape index (κ2) is 7.38. The number of hydrogen-bond acceptors (Lipinski definition) is 4. The Kier molecular flexibility index (Phi) is 5.01. The van der Waals surface area contributed by atoms with E-state index in [2.05, 4.69) is 0 Å². The van der Waals surface area contributed by atoms with Gasteiger partial charge in [0, 0.05) is 11.5 Å². The van der Waals surface area contributed by atoms with Crippen LogP contribution >= 0.6 is 0 Å². The van der Waals surface area contributed by atoms with Crippen molar-refractivity contribution < 1.29 is 18.4 Å². The summed E-state index contributed by atoms with van der Waals surface area (Å²) >= 11 is 0. The Bertz CT molecular complexity index is 1100. The number of nitrogens with zero attached hydrogens (tertiary/aromatic N) is 1. The number of carbonyl (C=O) groups excluding carboxylic acids is 1. The first-order valence-electron chi connectivity index (χ1n) is 7.74. The van der Waals surface area contributed by atoms with Gasteiger partial charge in [-0.25, -0.2) is 17.9 Å². The van der Waals surface area contributed by atoms with Crippen LogP contribution in [0.5, 0.6) is 0 Å². The second-order valence-electron chi connectivity index (χ2n) is 5.40. The minimum absolute atomic E-state index is 0.186. The summed E-state index contributed by atoms with van der Waals surface area (Å²) < 4.78 is 27.5. The summed E-state index contributed by atoms with van der Waals surface area (Å²) in [5.41, 5.74) is 2.49. The SMILES string of the molecule is O=C(/C=C/C=C\c1cc2ccccc2n1S(=O)(=O)c1ccccc1)NO. The maximum atomic E-state index is 13.1. The van der Waals surface area contributed by atoms with Crippen LogP contribution in [0.2, 0.25) is 0 Å². The van der Waals surface area contributed by atoms with Gasteiger partial charge in [-0.05, 0) is 30.3 Å². The number of para-hydroxylation sites is 1. The third kappa shape index (κ3) is 3.44. The van der Waals surface area contributed by atoms with E-state index in [1.54, 1.807) is 54.6 Å². The molecule has 0 atom stereocenters. The van der Waals surface area contributed by atoms with Gasteiger partial charge in [0.15, 0.2) is 0 Å². The third-order valence-electron chi connectivity index (χ3n) is 3.71. The van der Waals surface area contributed by atoms with Crippen molar-refractivity contribution in [1.29, 1.82) is 0 Å². The topological polar surface area (TPSA) is 88.4 Å². The lowest BCUT2D eigenvalue weighted by Crippen LogP contribution is -2.14. The lowest BCUT2D eigenvalue weighted by Gasteiger charge is -2.10. The zero-order valence-electron chi connectivity index (χ0n) is 13.6. The van der Waals surface area contributed by atoms with E-state index in [4.69, 9.17) is 5.21 Å². The van der Waals surface area contributed by atoms with Gasteiger partial charge in [0.05, 0.1) is 16.1 Å². The van der Waals surface area contributed by atoms with E-state index >= 15 is 0 Å². The van der Waals surface area contributed by atoms with E-state index in [-0.39, 0.29) is 4.90 Å². The summed E-state index contributed by atoms with van der Waals surface area (Å²) in [6.45, 7) is 0. The summed E-state index contributed by atoms with van der Waals surface area (Å²) in [7, 11) is -3.79. The van der Waals surface area contributed by atoms with Crippen molar-refractivity contribution >= 4 is 32.9 Å². The molecule has 0 unspecified atom stereocenters. The maximum absolute atomic E-state index is 13.1. The highest BCUT2D eigenvalue weighted by molar-refractivity contribution is 7.90. The van der Waals surface area contributed by atoms with E-state index in [1.807, 2.05) is 12.1 Å². The van der Waals surface area contributed by atoms with Crippen LogP contribution in [0.15, 0.2) is 83.8 Å². The number of aromatic nitrogens is 1. The van der Waals surface area contributed by atoms with Crippen LogP contribution in [0.1, 0.15) is 5.69 Å². The fourth-order valence-corrected chi connectivity index (χ4v) is 4.10. The molecule has 3 aromatic rings. The molecule has 0 saturated carbocycles. The van der Waals surface area contributed by atoms with Crippen LogP contribution in [0.25, 0.3) is 17.0 Å². The molecule has 2 N–H and O–H groups in total. The molecule has 0 aliphatic rings. The van der Waals surface area contributed by atoms with Gasteiger partial charge >= 0.3 is 0 Å². The Morgan fingerprint density at radius 2 is 1.69 bits per heavy atom. The number of rotatable bonds is 5. The van der Waals surface area contributed by atoms with Gasteiger partial charge in [0.1, 0.15) is 0 Å². The molecule has 1 amide bonds.